The highest BCUT2D eigenvalue weighted by molar-refractivity contribution is 5.90. The van der Waals surface area contributed by atoms with Crippen molar-refractivity contribution in [2.75, 3.05) is 18.5 Å². The van der Waals surface area contributed by atoms with Crippen LogP contribution in [0.4, 0.5) is 5.82 Å². The van der Waals surface area contributed by atoms with E-state index in [-0.39, 0.29) is 31.5 Å². The number of aryl methyl sites for hydroxylation is 2. The van der Waals surface area contributed by atoms with Crippen molar-refractivity contribution in [3.8, 4) is 11.3 Å². The monoisotopic (exact) mass is 456 g/mol. The van der Waals surface area contributed by atoms with Crippen LogP contribution in [0, 0.1) is 6.92 Å². The molecular weight excluding hydrogens is 428 g/mol. The number of aliphatic hydroxyl groups excluding tert-OH is 1. The summed E-state index contributed by atoms with van der Waals surface area (Å²) >= 11 is 0. The molecule has 4 aromatic rings. The number of hydrogen-bond acceptors (Lipinski definition) is 6. The number of benzene rings is 2. The lowest BCUT2D eigenvalue weighted by atomic mass is 9.88. The van der Waals surface area contributed by atoms with Crippen LogP contribution >= 0.6 is 0 Å². The Labute approximate surface area is 198 Å². The van der Waals surface area contributed by atoms with Crippen molar-refractivity contribution < 1.29 is 14.3 Å². The topological polar surface area (TPSA) is 100 Å². The number of aliphatic hydroxyl groups is 1. The van der Waals surface area contributed by atoms with Crippen LogP contribution in [-0.2, 0) is 17.6 Å². The summed E-state index contributed by atoms with van der Waals surface area (Å²) in [7, 11) is 0. The van der Waals surface area contributed by atoms with E-state index < -0.39 is 0 Å². The van der Waals surface area contributed by atoms with Crippen LogP contribution in [0.2, 0.25) is 0 Å². The predicted octanol–water partition coefficient (Wildman–Crippen LogP) is 4.34. The summed E-state index contributed by atoms with van der Waals surface area (Å²) in [5.41, 5.74) is 6.02. The molecule has 2 aromatic heterocycles. The molecule has 1 amide bonds. The standard InChI is InChI=1S/C27H28N4O3/c1-17-29-24(15-26(30-17)31-23-8-4-6-18-5-2-3-7-21(18)23)19-9-10-25-22(13-19)20(16-34-25)14-27(33)28-11-12-32/h2-3,5,7,9-10,13,15-16,23,32H,4,6,8,11-12,14H2,1H3,(H,28,33)(H,29,30,31)/t23-/m1/s1. The fourth-order valence-electron chi connectivity index (χ4n) is 4.68. The maximum absolute atomic E-state index is 12.1. The maximum atomic E-state index is 12.1. The van der Waals surface area contributed by atoms with E-state index in [4.69, 9.17) is 9.52 Å². The second kappa shape index (κ2) is 9.65. The Hall–Kier alpha value is -3.71. The molecule has 0 aliphatic heterocycles. The third-order valence-electron chi connectivity index (χ3n) is 6.26. The summed E-state index contributed by atoms with van der Waals surface area (Å²) in [6, 6.07) is 16.7. The third kappa shape index (κ3) is 4.65. The van der Waals surface area contributed by atoms with Gasteiger partial charge in [0.25, 0.3) is 0 Å². The molecular formula is C27H28N4O3. The number of anilines is 1. The predicted molar refractivity (Wildman–Crippen MR) is 132 cm³/mol. The molecule has 0 unspecified atom stereocenters. The molecule has 3 N–H and O–H groups in total. The van der Waals surface area contributed by atoms with Gasteiger partial charge in [-0.1, -0.05) is 24.3 Å². The molecule has 34 heavy (non-hydrogen) atoms. The lowest BCUT2D eigenvalue weighted by molar-refractivity contribution is -0.120. The molecule has 0 radical (unpaired) electrons. The number of furan rings is 1. The molecule has 1 aliphatic rings. The highest BCUT2D eigenvalue weighted by Crippen LogP contribution is 2.33. The zero-order chi connectivity index (χ0) is 23.5. The summed E-state index contributed by atoms with van der Waals surface area (Å²) in [6.07, 6.45) is 5.14. The van der Waals surface area contributed by atoms with E-state index >= 15 is 0 Å². The van der Waals surface area contributed by atoms with Gasteiger partial charge in [0.2, 0.25) is 5.91 Å². The number of rotatable bonds is 7. The summed E-state index contributed by atoms with van der Waals surface area (Å²) in [5, 5.41) is 16.1. The van der Waals surface area contributed by atoms with Gasteiger partial charge >= 0.3 is 0 Å². The minimum absolute atomic E-state index is 0.0854. The zero-order valence-electron chi connectivity index (χ0n) is 19.2. The molecule has 0 saturated heterocycles. The first-order valence-corrected chi connectivity index (χ1v) is 11.7. The Kier molecular flexibility index (Phi) is 6.27. The van der Waals surface area contributed by atoms with Gasteiger partial charge in [-0.2, -0.15) is 0 Å². The van der Waals surface area contributed by atoms with Gasteiger partial charge in [-0.3, -0.25) is 4.79 Å². The molecule has 0 bridgehead atoms. The largest absolute Gasteiger partial charge is 0.464 e. The van der Waals surface area contributed by atoms with Crippen LogP contribution in [0.25, 0.3) is 22.2 Å². The Bertz CT molecular complexity index is 1330. The molecule has 2 heterocycles. The molecule has 174 valence electrons. The Morgan fingerprint density at radius 2 is 2.06 bits per heavy atom. The first-order valence-electron chi connectivity index (χ1n) is 11.7. The number of aromatic nitrogens is 2. The van der Waals surface area contributed by atoms with E-state index in [1.165, 1.54) is 11.1 Å². The average molecular weight is 457 g/mol. The van der Waals surface area contributed by atoms with Crippen LogP contribution in [0.15, 0.2) is 59.2 Å². The maximum Gasteiger partial charge on any atom is 0.224 e. The molecule has 1 aliphatic carbocycles. The van der Waals surface area contributed by atoms with Crippen LogP contribution in [0.5, 0.6) is 0 Å². The second-order valence-corrected chi connectivity index (χ2v) is 8.70. The highest BCUT2D eigenvalue weighted by Gasteiger charge is 2.20. The Balaban J connectivity index is 1.43. The van der Waals surface area contributed by atoms with Gasteiger partial charge in [0.15, 0.2) is 0 Å². The van der Waals surface area contributed by atoms with Gasteiger partial charge in [0, 0.05) is 29.1 Å². The molecule has 1 atom stereocenters. The van der Waals surface area contributed by atoms with Gasteiger partial charge in [0.05, 0.1) is 31.0 Å². The van der Waals surface area contributed by atoms with E-state index in [2.05, 4.69) is 44.9 Å². The van der Waals surface area contributed by atoms with Crippen LogP contribution in [-0.4, -0.2) is 34.1 Å². The molecule has 0 fully saturated rings. The first kappa shape index (κ1) is 22.1. The SMILES string of the molecule is Cc1nc(N[C@@H]2CCCc3ccccc32)cc(-c2ccc3occ(CC(=O)NCCO)c3c2)n1. The number of carbonyl (C=O) groups excluding carboxylic acids is 1. The van der Waals surface area contributed by atoms with Crippen molar-refractivity contribution in [2.24, 2.45) is 0 Å². The van der Waals surface area contributed by atoms with Gasteiger partial charge in [0.1, 0.15) is 17.2 Å². The second-order valence-electron chi connectivity index (χ2n) is 8.70. The highest BCUT2D eigenvalue weighted by atomic mass is 16.3. The van der Waals surface area contributed by atoms with Crippen molar-refractivity contribution in [3.63, 3.8) is 0 Å². The minimum Gasteiger partial charge on any atom is -0.464 e. The van der Waals surface area contributed by atoms with Crippen molar-refractivity contribution >= 4 is 22.7 Å². The Morgan fingerprint density at radius 3 is 2.94 bits per heavy atom. The molecule has 2 aromatic carbocycles. The summed E-state index contributed by atoms with van der Waals surface area (Å²) in [6.45, 7) is 2.05. The number of amides is 1. The van der Waals surface area contributed by atoms with E-state index in [9.17, 15) is 4.79 Å². The normalized spacial score (nSPS) is 15.2. The quantitative estimate of drug-likeness (QED) is 0.383. The van der Waals surface area contributed by atoms with Gasteiger partial charge in [-0.15, -0.1) is 0 Å². The van der Waals surface area contributed by atoms with Crippen molar-refractivity contribution in [1.82, 2.24) is 15.3 Å². The lowest BCUT2D eigenvalue weighted by Gasteiger charge is -2.27. The van der Waals surface area contributed by atoms with Gasteiger partial charge in [-0.05, 0) is 55.5 Å². The smallest absolute Gasteiger partial charge is 0.224 e. The fourth-order valence-corrected chi connectivity index (χ4v) is 4.68. The number of fused-ring (bicyclic) bond motifs is 2. The van der Waals surface area contributed by atoms with Crippen molar-refractivity contribution in [1.29, 1.82) is 0 Å². The molecule has 0 saturated carbocycles. The van der Waals surface area contributed by atoms with Gasteiger partial charge in [-0.25, -0.2) is 9.97 Å². The van der Waals surface area contributed by atoms with E-state index in [1.54, 1.807) is 6.26 Å². The summed E-state index contributed by atoms with van der Waals surface area (Å²) in [5.74, 6) is 1.35. The average Bonchev–Trinajstić information content (AvgIpc) is 3.24. The van der Waals surface area contributed by atoms with E-state index in [0.29, 0.717) is 5.82 Å². The lowest BCUT2D eigenvalue weighted by Crippen LogP contribution is -2.27. The molecule has 7 heteroatoms. The van der Waals surface area contributed by atoms with Crippen LogP contribution in [0.1, 0.15) is 41.4 Å². The van der Waals surface area contributed by atoms with Crippen LogP contribution < -0.4 is 10.6 Å². The number of nitrogens with zero attached hydrogens (tertiary/aromatic N) is 2. The number of nitrogens with one attached hydrogen (secondary N) is 2. The van der Waals surface area contributed by atoms with Crippen LogP contribution in [0.3, 0.4) is 0 Å². The number of hydrogen-bond donors (Lipinski definition) is 3. The van der Waals surface area contributed by atoms with Gasteiger partial charge < -0.3 is 20.2 Å². The molecule has 0 spiro atoms. The fraction of sp³-hybridized carbons (Fsp3) is 0.296. The van der Waals surface area contributed by atoms with Crippen molar-refractivity contribution in [2.45, 2.75) is 38.6 Å². The summed E-state index contributed by atoms with van der Waals surface area (Å²) in [4.78, 5) is 21.5. The Morgan fingerprint density at radius 1 is 1.18 bits per heavy atom. The molecule has 7 nitrogen and oxygen atoms in total. The first-order chi connectivity index (χ1) is 16.6. The zero-order valence-corrected chi connectivity index (χ0v) is 19.2. The van der Waals surface area contributed by atoms with Crippen molar-refractivity contribution in [3.05, 3.63) is 77.3 Å². The number of carbonyl (C=O) groups is 1. The minimum atomic E-state index is -0.153. The van der Waals surface area contributed by atoms with E-state index in [0.717, 1.165) is 52.9 Å². The molecule has 5 rings (SSSR count). The van der Waals surface area contributed by atoms with E-state index in [1.807, 2.05) is 31.2 Å². The summed E-state index contributed by atoms with van der Waals surface area (Å²) < 4.78 is 5.65. The third-order valence-corrected chi connectivity index (χ3v) is 6.26.